The largest absolute Gasteiger partial charge is 0.697 e. The molecule has 0 aromatic rings. The molecule has 0 bridgehead atoms. The number of hydrogen-bond donors (Lipinski definition) is 2. The number of nitrogens with two attached hydrogens (primary N) is 2. The predicted molar refractivity (Wildman–Crippen MR) is 52.3 cm³/mol. The van der Waals surface area contributed by atoms with Crippen LogP contribution in [0.2, 0.25) is 0 Å². The quantitative estimate of drug-likeness (QED) is 0.348. The Morgan fingerprint density at radius 2 is 1.54 bits per heavy atom. The molecule has 0 amide bonds. The molecule has 73 valence electrons. The molecule has 0 aromatic carbocycles. The van der Waals surface area contributed by atoms with E-state index >= 15 is 0 Å². The predicted octanol–water partition coefficient (Wildman–Crippen LogP) is 0.340. The molecule has 7 heteroatoms. The van der Waals surface area contributed by atoms with Gasteiger partial charge in [-0.05, 0) is 19.8 Å². The van der Waals surface area contributed by atoms with Gasteiger partial charge in [0.25, 0.3) is 0 Å². The van der Waals surface area contributed by atoms with Crippen LogP contribution in [0.4, 0.5) is 0 Å². The van der Waals surface area contributed by atoms with Gasteiger partial charge in [0.15, 0.2) is 0 Å². The van der Waals surface area contributed by atoms with E-state index in [1.54, 1.807) is 6.92 Å². The molecular formula is C6H16N2NaO3P+. The van der Waals surface area contributed by atoms with Crippen LogP contribution < -0.4 is 11.5 Å². The Morgan fingerprint density at radius 1 is 1.23 bits per heavy atom. The van der Waals surface area contributed by atoms with Gasteiger partial charge in [0.2, 0.25) is 0 Å². The van der Waals surface area contributed by atoms with Crippen molar-refractivity contribution >= 4 is 37.8 Å². The molecule has 0 spiro atoms. The molecule has 0 atom stereocenters. The average molecular weight is 218 g/mol. The summed E-state index contributed by atoms with van der Waals surface area (Å²) < 4.78 is 19.8. The van der Waals surface area contributed by atoms with Crippen molar-refractivity contribution in [1.82, 2.24) is 0 Å². The van der Waals surface area contributed by atoms with Crippen molar-refractivity contribution in [2.24, 2.45) is 11.5 Å². The van der Waals surface area contributed by atoms with Gasteiger partial charge in [-0.15, -0.1) is 9.05 Å². The van der Waals surface area contributed by atoms with E-state index in [-0.39, 0.29) is 35.7 Å². The maximum Gasteiger partial charge on any atom is 0.697 e. The van der Waals surface area contributed by atoms with Gasteiger partial charge in [-0.25, -0.2) is 0 Å². The van der Waals surface area contributed by atoms with Crippen molar-refractivity contribution in [3.63, 3.8) is 0 Å². The van der Waals surface area contributed by atoms with Gasteiger partial charge in [0.1, 0.15) is 13.2 Å². The van der Waals surface area contributed by atoms with Gasteiger partial charge >= 0.3 is 8.25 Å². The monoisotopic (exact) mass is 218 g/mol. The summed E-state index contributed by atoms with van der Waals surface area (Å²) >= 11 is 0. The van der Waals surface area contributed by atoms with E-state index in [2.05, 4.69) is 9.05 Å². The summed E-state index contributed by atoms with van der Waals surface area (Å²) in [6, 6.07) is 0. The van der Waals surface area contributed by atoms with E-state index in [1.807, 2.05) is 0 Å². The average Bonchev–Trinajstić information content (AvgIpc) is 2.14. The Morgan fingerprint density at radius 3 is 1.85 bits per heavy atom. The van der Waals surface area contributed by atoms with E-state index in [0.717, 1.165) is 12.8 Å². The number of hydrogen-bond acceptors (Lipinski definition) is 5. The van der Waals surface area contributed by atoms with Crippen LogP contribution in [0.5, 0.6) is 0 Å². The molecule has 0 aromatic heterocycles. The first kappa shape index (κ1) is 16.4. The standard InChI is InChI=1S/C4H8O3P.C2H8N2.Na/c5-8-6-3-1-2-4-7-8;1-2(3)4;/h1-4H2;2H,3-4H2,1H3;/q+1;;. The Balaban J connectivity index is 0. The third-order valence-corrected chi connectivity index (χ3v) is 1.72. The molecule has 0 unspecified atom stereocenters. The Bertz CT molecular complexity index is 124. The fourth-order valence-corrected chi connectivity index (χ4v) is 1.15. The zero-order chi connectivity index (χ0) is 9.40. The van der Waals surface area contributed by atoms with E-state index in [4.69, 9.17) is 11.5 Å². The molecule has 5 nitrogen and oxygen atoms in total. The summed E-state index contributed by atoms with van der Waals surface area (Å²) in [6.07, 6.45) is 1.75. The van der Waals surface area contributed by atoms with Crippen LogP contribution in [0.15, 0.2) is 0 Å². The second kappa shape index (κ2) is 11.0. The second-order valence-corrected chi connectivity index (χ2v) is 3.42. The number of rotatable bonds is 0. The van der Waals surface area contributed by atoms with Crippen LogP contribution >= 0.6 is 8.25 Å². The van der Waals surface area contributed by atoms with Gasteiger partial charge < -0.3 is 11.5 Å². The first-order valence-electron chi connectivity index (χ1n) is 3.87. The molecule has 4 N–H and O–H groups in total. The van der Waals surface area contributed by atoms with Crippen LogP contribution in [-0.2, 0) is 13.6 Å². The van der Waals surface area contributed by atoms with Crippen LogP contribution in [0, 0.1) is 0 Å². The normalized spacial score (nSPS) is 16.8. The molecule has 1 saturated heterocycles. The van der Waals surface area contributed by atoms with Gasteiger partial charge in [-0.3, -0.25) is 0 Å². The Labute approximate surface area is 102 Å². The van der Waals surface area contributed by atoms with Crippen molar-refractivity contribution in [3.8, 4) is 0 Å². The van der Waals surface area contributed by atoms with Gasteiger partial charge in [0.05, 0.1) is 0 Å². The topological polar surface area (TPSA) is 87.6 Å². The molecule has 1 fully saturated rings. The molecule has 0 aliphatic carbocycles. The van der Waals surface area contributed by atoms with Gasteiger partial charge in [-0.2, -0.15) is 0 Å². The fraction of sp³-hybridized carbons (Fsp3) is 1.00. The molecule has 1 aliphatic rings. The van der Waals surface area contributed by atoms with Crippen molar-refractivity contribution in [2.75, 3.05) is 13.2 Å². The zero-order valence-corrected chi connectivity index (χ0v) is 11.1. The van der Waals surface area contributed by atoms with E-state index in [1.165, 1.54) is 0 Å². The second-order valence-electron chi connectivity index (χ2n) is 2.46. The Hall–Kier alpha value is 0.940. The van der Waals surface area contributed by atoms with E-state index < -0.39 is 8.25 Å². The molecule has 0 saturated carbocycles. The summed E-state index contributed by atoms with van der Waals surface area (Å²) in [6.45, 7) is 2.88. The summed E-state index contributed by atoms with van der Waals surface area (Å²) in [5.41, 5.74) is 9.78. The van der Waals surface area contributed by atoms with Crippen molar-refractivity contribution < 1.29 is 13.6 Å². The third-order valence-electron chi connectivity index (χ3n) is 0.932. The maximum atomic E-state index is 10.4. The van der Waals surface area contributed by atoms with E-state index in [0.29, 0.717) is 13.2 Å². The molecule has 1 radical (unpaired) electrons. The summed E-state index contributed by atoms with van der Waals surface area (Å²) in [5, 5.41) is 0. The smallest absolute Gasteiger partial charge is 0.316 e. The molecule has 1 heterocycles. The van der Waals surface area contributed by atoms with Crippen LogP contribution in [0.1, 0.15) is 19.8 Å². The minimum Gasteiger partial charge on any atom is -0.316 e. The van der Waals surface area contributed by atoms with E-state index in [9.17, 15) is 4.57 Å². The van der Waals surface area contributed by atoms with Crippen molar-refractivity contribution in [3.05, 3.63) is 0 Å². The molecular weight excluding hydrogens is 202 g/mol. The zero-order valence-electron chi connectivity index (χ0n) is 8.23. The minimum atomic E-state index is -1.77. The Kier molecular flexibility index (Phi) is 13.9. The SMILES string of the molecule is CC(N)N.O=[P+]1OCCCCO1.[Na]. The molecule has 13 heavy (non-hydrogen) atoms. The summed E-state index contributed by atoms with van der Waals surface area (Å²) in [7, 11) is -1.77. The summed E-state index contributed by atoms with van der Waals surface area (Å²) in [4.78, 5) is 0. The van der Waals surface area contributed by atoms with Crippen molar-refractivity contribution in [2.45, 2.75) is 25.9 Å². The van der Waals surface area contributed by atoms with Crippen LogP contribution in [0.25, 0.3) is 0 Å². The minimum absolute atomic E-state index is 0. The maximum absolute atomic E-state index is 10.4. The third kappa shape index (κ3) is 15.7. The van der Waals surface area contributed by atoms with Gasteiger partial charge in [0, 0.05) is 40.3 Å². The van der Waals surface area contributed by atoms with Crippen LogP contribution in [-0.4, -0.2) is 48.9 Å². The summed E-state index contributed by atoms with van der Waals surface area (Å²) in [5.74, 6) is 0. The first-order valence-corrected chi connectivity index (χ1v) is 4.96. The first-order chi connectivity index (χ1) is 5.63. The van der Waals surface area contributed by atoms with Gasteiger partial charge in [-0.1, -0.05) is 0 Å². The molecule has 1 rings (SSSR count). The van der Waals surface area contributed by atoms with Crippen molar-refractivity contribution in [1.29, 1.82) is 0 Å². The molecule has 1 aliphatic heterocycles. The fourth-order valence-electron chi connectivity index (χ4n) is 0.520. The van der Waals surface area contributed by atoms with Crippen LogP contribution in [0.3, 0.4) is 0 Å².